The van der Waals surface area contributed by atoms with Crippen molar-refractivity contribution < 1.29 is 0 Å². The van der Waals surface area contributed by atoms with Crippen LogP contribution < -0.4 is 5.32 Å². The van der Waals surface area contributed by atoms with Crippen molar-refractivity contribution in [2.75, 3.05) is 5.32 Å². The molecular weight excluding hydrogens is 380 g/mol. The van der Waals surface area contributed by atoms with Crippen molar-refractivity contribution in [3.63, 3.8) is 0 Å². The molecule has 0 atom stereocenters. The number of hydrogen-bond donors (Lipinski definition) is 1. The third kappa shape index (κ3) is 3.54. The van der Waals surface area contributed by atoms with Gasteiger partial charge in [-0.05, 0) is 67.3 Å². The summed E-state index contributed by atoms with van der Waals surface area (Å²) in [5.41, 5.74) is 6.34. The van der Waals surface area contributed by atoms with E-state index in [1.54, 1.807) is 0 Å². The highest BCUT2D eigenvalue weighted by Crippen LogP contribution is 2.34. The lowest BCUT2D eigenvalue weighted by atomic mass is 9.99. The van der Waals surface area contributed by atoms with E-state index in [0.29, 0.717) is 16.2 Å². The number of nitrogens with one attached hydrogen (secondary N) is 1. The minimum atomic E-state index is 0.648. The molecule has 0 saturated heterocycles. The summed E-state index contributed by atoms with van der Waals surface area (Å²) < 4.78 is 2.09. The molecule has 2 heterocycles. The van der Waals surface area contributed by atoms with Gasteiger partial charge in [0.05, 0.1) is 16.6 Å². The fourth-order valence-corrected chi connectivity index (χ4v) is 3.97. The minimum absolute atomic E-state index is 0.648. The van der Waals surface area contributed by atoms with Crippen molar-refractivity contribution in [1.29, 1.82) is 5.26 Å². The number of para-hydroxylation sites is 2. The molecule has 4 rings (SSSR count). The molecular formula is C24H23ClN4. The van der Waals surface area contributed by atoms with E-state index in [0.717, 1.165) is 53.8 Å². The normalized spacial score (nSPS) is 11.1. The molecule has 0 amide bonds. The zero-order valence-corrected chi connectivity index (χ0v) is 17.4. The Morgan fingerprint density at radius 2 is 1.86 bits per heavy atom. The first-order valence-corrected chi connectivity index (χ1v) is 10.4. The fraction of sp³-hybridized carbons (Fsp3) is 0.250. The molecule has 0 unspecified atom stereocenters. The fourth-order valence-electron chi connectivity index (χ4n) is 3.84. The van der Waals surface area contributed by atoms with Gasteiger partial charge in [-0.2, -0.15) is 5.26 Å². The van der Waals surface area contributed by atoms with E-state index < -0.39 is 0 Å². The molecule has 5 heteroatoms. The van der Waals surface area contributed by atoms with E-state index in [9.17, 15) is 5.26 Å². The van der Waals surface area contributed by atoms with Crippen molar-refractivity contribution in [1.82, 2.24) is 9.38 Å². The van der Waals surface area contributed by atoms with Gasteiger partial charge in [-0.3, -0.25) is 4.40 Å². The lowest BCUT2D eigenvalue weighted by Gasteiger charge is -2.19. The van der Waals surface area contributed by atoms with Gasteiger partial charge in [-0.15, -0.1) is 0 Å². The van der Waals surface area contributed by atoms with Crippen molar-refractivity contribution >= 4 is 39.8 Å². The summed E-state index contributed by atoms with van der Waals surface area (Å²) in [5, 5.41) is 14.2. The van der Waals surface area contributed by atoms with Crippen molar-refractivity contribution in [3.8, 4) is 6.07 Å². The molecule has 0 radical (unpaired) electrons. The largest absolute Gasteiger partial charge is 0.341 e. The number of aromatic nitrogens is 2. The van der Waals surface area contributed by atoms with Crippen LogP contribution in [0.5, 0.6) is 0 Å². The van der Waals surface area contributed by atoms with Crippen LogP contribution in [0.4, 0.5) is 11.5 Å². The molecule has 0 spiro atoms. The van der Waals surface area contributed by atoms with Crippen LogP contribution in [0.3, 0.4) is 0 Å². The molecule has 29 heavy (non-hydrogen) atoms. The van der Waals surface area contributed by atoms with Crippen LogP contribution in [-0.2, 0) is 6.42 Å². The van der Waals surface area contributed by atoms with E-state index in [2.05, 4.69) is 28.8 Å². The van der Waals surface area contributed by atoms with Gasteiger partial charge < -0.3 is 5.32 Å². The number of pyridine rings is 1. The van der Waals surface area contributed by atoms with Crippen LogP contribution in [0.15, 0.2) is 48.5 Å². The van der Waals surface area contributed by atoms with Crippen LogP contribution in [0.1, 0.15) is 42.9 Å². The average molecular weight is 403 g/mol. The number of anilines is 2. The molecule has 146 valence electrons. The molecule has 4 aromatic rings. The Hall–Kier alpha value is -3.03. The van der Waals surface area contributed by atoms with E-state index in [-0.39, 0.29) is 0 Å². The van der Waals surface area contributed by atoms with Gasteiger partial charge in [0.15, 0.2) is 5.65 Å². The standard InChI is InChI=1S/C24H23ClN4/c1-3-4-5-8-19-16(2)20(15-26)24-28-21-9-6-7-10-22(21)29(24)23(19)27-18-13-11-17(25)12-14-18/h6-7,9-14,27H,3-5,8H2,1-2H3. The zero-order chi connectivity index (χ0) is 20.4. The summed E-state index contributed by atoms with van der Waals surface area (Å²) in [5.74, 6) is 0.976. The number of nitrogens with zero attached hydrogens (tertiary/aromatic N) is 3. The number of rotatable bonds is 6. The predicted molar refractivity (Wildman–Crippen MR) is 120 cm³/mol. The second kappa shape index (κ2) is 8.14. The molecule has 2 aromatic carbocycles. The number of nitriles is 1. The minimum Gasteiger partial charge on any atom is -0.341 e. The van der Waals surface area contributed by atoms with E-state index >= 15 is 0 Å². The number of benzene rings is 2. The predicted octanol–water partition coefficient (Wildman–Crippen LogP) is 6.80. The summed E-state index contributed by atoms with van der Waals surface area (Å²) in [6, 6.07) is 18.1. The maximum atomic E-state index is 9.91. The van der Waals surface area contributed by atoms with Crippen LogP contribution in [-0.4, -0.2) is 9.38 Å². The van der Waals surface area contributed by atoms with Gasteiger partial charge in [-0.1, -0.05) is 43.5 Å². The van der Waals surface area contributed by atoms with Crippen molar-refractivity contribution in [2.45, 2.75) is 39.5 Å². The average Bonchev–Trinajstić information content (AvgIpc) is 3.11. The molecule has 1 N–H and O–H groups in total. The highest BCUT2D eigenvalue weighted by molar-refractivity contribution is 6.30. The molecule has 0 aliphatic rings. The summed E-state index contributed by atoms with van der Waals surface area (Å²) in [6.45, 7) is 4.24. The summed E-state index contributed by atoms with van der Waals surface area (Å²) >= 11 is 6.07. The molecule has 4 nitrogen and oxygen atoms in total. The zero-order valence-electron chi connectivity index (χ0n) is 16.7. The number of imidazole rings is 1. The number of fused-ring (bicyclic) bond motifs is 3. The van der Waals surface area contributed by atoms with Gasteiger partial charge in [0.2, 0.25) is 0 Å². The lowest BCUT2D eigenvalue weighted by Crippen LogP contribution is -2.08. The first-order valence-electron chi connectivity index (χ1n) is 9.99. The Balaban J connectivity index is 2.01. The highest BCUT2D eigenvalue weighted by Gasteiger charge is 2.20. The lowest BCUT2D eigenvalue weighted by molar-refractivity contribution is 0.714. The van der Waals surface area contributed by atoms with Gasteiger partial charge in [-0.25, -0.2) is 4.98 Å². The van der Waals surface area contributed by atoms with E-state index in [4.69, 9.17) is 16.6 Å². The Morgan fingerprint density at radius 1 is 1.10 bits per heavy atom. The maximum absolute atomic E-state index is 9.91. The summed E-state index contributed by atoms with van der Waals surface area (Å²) in [4.78, 5) is 4.78. The van der Waals surface area contributed by atoms with Gasteiger partial charge in [0.1, 0.15) is 11.9 Å². The van der Waals surface area contributed by atoms with Crippen molar-refractivity contribution in [3.05, 3.63) is 70.2 Å². The second-order valence-corrected chi connectivity index (χ2v) is 7.72. The number of halogens is 1. The number of hydrogen-bond acceptors (Lipinski definition) is 3. The smallest absolute Gasteiger partial charge is 0.157 e. The maximum Gasteiger partial charge on any atom is 0.157 e. The molecule has 0 aliphatic carbocycles. The molecule has 0 aliphatic heterocycles. The third-order valence-corrected chi connectivity index (χ3v) is 5.62. The first-order chi connectivity index (χ1) is 14.1. The Labute approximate surface area is 175 Å². The van der Waals surface area contributed by atoms with Crippen LogP contribution in [0.25, 0.3) is 16.7 Å². The Morgan fingerprint density at radius 3 is 2.59 bits per heavy atom. The van der Waals surface area contributed by atoms with Crippen LogP contribution >= 0.6 is 11.6 Å². The quantitative estimate of drug-likeness (QED) is 0.361. The van der Waals surface area contributed by atoms with Gasteiger partial charge >= 0.3 is 0 Å². The third-order valence-electron chi connectivity index (χ3n) is 5.37. The van der Waals surface area contributed by atoms with Crippen LogP contribution in [0.2, 0.25) is 5.02 Å². The van der Waals surface area contributed by atoms with Gasteiger partial charge in [0, 0.05) is 10.7 Å². The van der Waals surface area contributed by atoms with Crippen molar-refractivity contribution in [2.24, 2.45) is 0 Å². The topological polar surface area (TPSA) is 53.1 Å². The highest BCUT2D eigenvalue weighted by atomic mass is 35.5. The number of unbranched alkanes of at least 4 members (excludes halogenated alkanes) is 2. The summed E-state index contributed by atoms with van der Waals surface area (Å²) in [7, 11) is 0. The van der Waals surface area contributed by atoms with E-state index in [1.165, 1.54) is 5.56 Å². The van der Waals surface area contributed by atoms with E-state index in [1.807, 2.05) is 49.4 Å². The Bertz CT molecular complexity index is 1220. The second-order valence-electron chi connectivity index (χ2n) is 7.29. The monoisotopic (exact) mass is 402 g/mol. The summed E-state index contributed by atoms with van der Waals surface area (Å²) in [6.07, 6.45) is 4.30. The SMILES string of the molecule is CCCCCc1c(C)c(C#N)c2nc3ccccc3n2c1Nc1ccc(Cl)cc1. The molecule has 2 aromatic heterocycles. The molecule has 0 bridgehead atoms. The molecule has 0 saturated carbocycles. The Kier molecular flexibility index (Phi) is 5.42. The van der Waals surface area contributed by atoms with Gasteiger partial charge in [0.25, 0.3) is 0 Å². The van der Waals surface area contributed by atoms with Crippen LogP contribution in [0, 0.1) is 18.3 Å². The molecule has 0 fully saturated rings. The first kappa shape index (κ1) is 19.3.